The number of carboxylic acid groups (broad SMARTS) is 1. The van der Waals surface area contributed by atoms with Crippen LogP contribution in [0, 0.1) is 5.92 Å². The number of nitrogens with zero attached hydrogens (tertiary/aromatic N) is 3. The molecule has 6 nitrogen and oxygen atoms in total. The lowest BCUT2D eigenvalue weighted by atomic mass is 10.1. The van der Waals surface area contributed by atoms with Gasteiger partial charge in [0.05, 0.1) is 12.3 Å². The first-order valence-electron chi connectivity index (χ1n) is 6.20. The van der Waals surface area contributed by atoms with E-state index < -0.39 is 5.97 Å². The first kappa shape index (κ1) is 14.6. The van der Waals surface area contributed by atoms with Gasteiger partial charge in [-0.1, -0.05) is 19.1 Å². The molecule has 102 valence electrons. The number of methoxy groups -OCH3 is 1. The van der Waals surface area contributed by atoms with Crippen molar-refractivity contribution >= 4 is 5.97 Å². The monoisotopic (exact) mass is 255 g/mol. The minimum atomic E-state index is -1.03. The van der Waals surface area contributed by atoms with Crippen molar-refractivity contribution in [2.24, 2.45) is 5.92 Å². The standard InChI is InChI=1S/C12H21N3O3/c1-9(2)5-4-7-15-10(6-8-18-3)11(12(16)17)13-14-15/h9H,4-8H2,1-3H3,(H,16,17). The van der Waals surface area contributed by atoms with E-state index in [9.17, 15) is 4.79 Å². The van der Waals surface area contributed by atoms with Gasteiger partial charge in [-0.3, -0.25) is 0 Å². The Morgan fingerprint density at radius 1 is 1.50 bits per heavy atom. The number of carboxylic acids is 1. The SMILES string of the molecule is COCCc1c(C(=O)O)nnn1CCCC(C)C. The molecule has 6 heteroatoms. The average Bonchev–Trinajstić information content (AvgIpc) is 2.69. The second kappa shape index (κ2) is 7.10. The second-order valence-corrected chi connectivity index (χ2v) is 4.69. The molecule has 18 heavy (non-hydrogen) atoms. The van der Waals surface area contributed by atoms with Crippen molar-refractivity contribution in [3.05, 3.63) is 11.4 Å². The molecule has 0 aromatic carbocycles. The number of aromatic carboxylic acids is 1. The van der Waals surface area contributed by atoms with Crippen LogP contribution in [0.3, 0.4) is 0 Å². The van der Waals surface area contributed by atoms with Crippen molar-refractivity contribution in [3.63, 3.8) is 0 Å². The maximum atomic E-state index is 11.0. The van der Waals surface area contributed by atoms with Crippen LogP contribution in [-0.2, 0) is 17.7 Å². The number of hydrogen-bond donors (Lipinski definition) is 1. The van der Waals surface area contributed by atoms with Crippen LogP contribution in [0.5, 0.6) is 0 Å². The number of carbonyl (C=O) groups is 1. The molecule has 0 unspecified atom stereocenters. The zero-order chi connectivity index (χ0) is 13.5. The molecule has 1 aromatic heterocycles. The third-order valence-electron chi connectivity index (χ3n) is 2.73. The summed E-state index contributed by atoms with van der Waals surface area (Å²) in [5, 5.41) is 16.7. The molecule has 0 aliphatic carbocycles. The highest BCUT2D eigenvalue weighted by atomic mass is 16.5. The fraction of sp³-hybridized carbons (Fsp3) is 0.750. The minimum absolute atomic E-state index is 0.0385. The van der Waals surface area contributed by atoms with Gasteiger partial charge < -0.3 is 9.84 Å². The van der Waals surface area contributed by atoms with Crippen LogP contribution in [0.25, 0.3) is 0 Å². The van der Waals surface area contributed by atoms with Gasteiger partial charge >= 0.3 is 5.97 Å². The maximum absolute atomic E-state index is 11.0. The summed E-state index contributed by atoms with van der Waals surface area (Å²) in [4.78, 5) is 11.0. The quantitative estimate of drug-likeness (QED) is 0.763. The molecule has 1 N–H and O–H groups in total. The van der Waals surface area contributed by atoms with Gasteiger partial charge in [0.1, 0.15) is 0 Å². The van der Waals surface area contributed by atoms with E-state index in [2.05, 4.69) is 24.2 Å². The molecule has 1 aromatic rings. The van der Waals surface area contributed by atoms with Crippen LogP contribution in [0.2, 0.25) is 0 Å². The summed E-state index contributed by atoms with van der Waals surface area (Å²) in [5.41, 5.74) is 0.685. The Hall–Kier alpha value is -1.43. The van der Waals surface area contributed by atoms with E-state index in [0.29, 0.717) is 31.2 Å². The molecule has 0 aliphatic rings. The van der Waals surface area contributed by atoms with Crippen molar-refractivity contribution in [3.8, 4) is 0 Å². The molecule has 1 heterocycles. The summed E-state index contributed by atoms with van der Waals surface area (Å²) in [6.07, 6.45) is 2.58. The minimum Gasteiger partial charge on any atom is -0.476 e. The Labute approximate surface area is 107 Å². The van der Waals surface area contributed by atoms with Crippen LogP contribution in [0.15, 0.2) is 0 Å². The van der Waals surface area contributed by atoms with Gasteiger partial charge in [0.25, 0.3) is 0 Å². The lowest BCUT2D eigenvalue weighted by Crippen LogP contribution is -2.11. The van der Waals surface area contributed by atoms with E-state index in [0.717, 1.165) is 12.8 Å². The normalized spacial score (nSPS) is 11.1. The number of aromatic nitrogens is 3. The van der Waals surface area contributed by atoms with E-state index in [1.807, 2.05) is 0 Å². The van der Waals surface area contributed by atoms with Gasteiger partial charge in [0.2, 0.25) is 0 Å². The van der Waals surface area contributed by atoms with E-state index in [1.54, 1.807) is 11.8 Å². The summed E-state index contributed by atoms with van der Waals surface area (Å²) in [6.45, 7) is 5.50. The second-order valence-electron chi connectivity index (χ2n) is 4.69. The van der Waals surface area contributed by atoms with Crippen LogP contribution < -0.4 is 0 Å². The van der Waals surface area contributed by atoms with Gasteiger partial charge in [-0.2, -0.15) is 0 Å². The van der Waals surface area contributed by atoms with Gasteiger partial charge in [-0.15, -0.1) is 5.10 Å². The summed E-state index contributed by atoms with van der Waals surface area (Å²) >= 11 is 0. The Morgan fingerprint density at radius 3 is 2.78 bits per heavy atom. The smallest absolute Gasteiger partial charge is 0.358 e. The highest BCUT2D eigenvalue weighted by Gasteiger charge is 2.18. The highest BCUT2D eigenvalue weighted by molar-refractivity contribution is 5.86. The van der Waals surface area contributed by atoms with E-state index in [1.165, 1.54) is 0 Å². The molecular formula is C12H21N3O3. The fourth-order valence-corrected chi connectivity index (χ4v) is 1.77. The molecule has 0 aliphatic heterocycles. The molecule has 0 radical (unpaired) electrons. The number of aryl methyl sites for hydroxylation is 1. The third-order valence-corrected chi connectivity index (χ3v) is 2.73. The van der Waals surface area contributed by atoms with Crippen LogP contribution in [-0.4, -0.2) is 39.8 Å². The zero-order valence-electron chi connectivity index (χ0n) is 11.2. The van der Waals surface area contributed by atoms with Crippen molar-refractivity contribution in [1.82, 2.24) is 15.0 Å². The van der Waals surface area contributed by atoms with Gasteiger partial charge in [0.15, 0.2) is 5.69 Å². The first-order chi connectivity index (χ1) is 8.56. The average molecular weight is 255 g/mol. The van der Waals surface area contributed by atoms with Gasteiger partial charge in [-0.25, -0.2) is 9.48 Å². The van der Waals surface area contributed by atoms with E-state index in [4.69, 9.17) is 9.84 Å². The lowest BCUT2D eigenvalue weighted by molar-refractivity contribution is 0.0688. The van der Waals surface area contributed by atoms with Crippen molar-refractivity contribution in [2.75, 3.05) is 13.7 Å². The van der Waals surface area contributed by atoms with Crippen LogP contribution in [0.4, 0.5) is 0 Å². The van der Waals surface area contributed by atoms with Gasteiger partial charge in [0, 0.05) is 20.1 Å². The molecule has 1 rings (SSSR count). The van der Waals surface area contributed by atoms with Crippen LogP contribution >= 0.6 is 0 Å². The van der Waals surface area contributed by atoms with Crippen molar-refractivity contribution < 1.29 is 14.6 Å². The topological polar surface area (TPSA) is 77.2 Å². The fourth-order valence-electron chi connectivity index (χ4n) is 1.77. The largest absolute Gasteiger partial charge is 0.476 e. The molecule has 0 saturated carbocycles. The molecule has 0 amide bonds. The molecular weight excluding hydrogens is 234 g/mol. The maximum Gasteiger partial charge on any atom is 0.358 e. The summed E-state index contributed by atoms with van der Waals surface area (Å²) < 4.78 is 6.67. The number of hydrogen-bond acceptors (Lipinski definition) is 4. The molecule has 0 spiro atoms. The Kier molecular flexibility index (Phi) is 5.77. The lowest BCUT2D eigenvalue weighted by Gasteiger charge is -2.08. The molecule has 0 saturated heterocycles. The number of ether oxygens (including phenoxy) is 1. The summed E-state index contributed by atoms with van der Waals surface area (Å²) in [7, 11) is 1.59. The molecule has 0 fully saturated rings. The van der Waals surface area contributed by atoms with Gasteiger partial charge in [-0.05, 0) is 18.8 Å². The van der Waals surface area contributed by atoms with Crippen molar-refractivity contribution in [2.45, 2.75) is 39.7 Å². The Balaban J connectivity index is 2.73. The number of rotatable bonds is 8. The molecule has 0 atom stereocenters. The summed E-state index contributed by atoms with van der Waals surface area (Å²) in [6, 6.07) is 0. The van der Waals surface area contributed by atoms with Crippen LogP contribution in [0.1, 0.15) is 42.9 Å². The Morgan fingerprint density at radius 2 is 2.22 bits per heavy atom. The van der Waals surface area contributed by atoms with E-state index in [-0.39, 0.29) is 5.69 Å². The third kappa shape index (κ3) is 4.10. The predicted octanol–water partition coefficient (Wildman–Crippen LogP) is 1.60. The van der Waals surface area contributed by atoms with Crippen molar-refractivity contribution in [1.29, 1.82) is 0 Å². The highest BCUT2D eigenvalue weighted by Crippen LogP contribution is 2.10. The summed E-state index contributed by atoms with van der Waals surface area (Å²) in [5.74, 6) is -0.397. The zero-order valence-corrected chi connectivity index (χ0v) is 11.2. The molecule has 0 bridgehead atoms. The predicted molar refractivity (Wildman–Crippen MR) is 66.6 cm³/mol. The Bertz CT molecular complexity index is 388. The first-order valence-corrected chi connectivity index (χ1v) is 6.20. The van der Waals surface area contributed by atoms with E-state index >= 15 is 0 Å².